The van der Waals surface area contributed by atoms with Crippen LogP contribution in [0, 0.1) is 20.8 Å². The Labute approximate surface area is 152 Å². The topological polar surface area (TPSA) is 76.7 Å². The van der Waals surface area contributed by atoms with Crippen molar-refractivity contribution in [3.63, 3.8) is 0 Å². The zero-order chi connectivity index (χ0) is 19.2. The number of methoxy groups -OCH3 is 1. The number of hydrogen-bond donors (Lipinski definition) is 1. The van der Waals surface area contributed by atoms with Crippen LogP contribution in [-0.4, -0.2) is 32.8 Å². The van der Waals surface area contributed by atoms with Crippen LogP contribution in [0.1, 0.15) is 52.8 Å². The largest absolute Gasteiger partial charge is 0.497 e. The SMILES string of the molecule is COc1cc(C)c(-c2c(C)nn3c(C(C)C)cc(C(=O)O)nc23)c(C)c1. The molecule has 0 saturated carbocycles. The van der Waals surface area contributed by atoms with E-state index in [1.54, 1.807) is 17.7 Å². The number of carboxylic acids is 1. The van der Waals surface area contributed by atoms with Gasteiger partial charge in [0.2, 0.25) is 0 Å². The van der Waals surface area contributed by atoms with Crippen molar-refractivity contribution in [1.82, 2.24) is 14.6 Å². The van der Waals surface area contributed by atoms with E-state index >= 15 is 0 Å². The maximum Gasteiger partial charge on any atom is 0.354 e. The molecule has 1 aromatic carbocycles. The summed E-state index contributed by atoms with van der Waals surface area (Å²) in [6, 6.07) is 5.54. The highest BCUT2D eigenvalue weighted by Gasteiger charge is 2.22. The second-order valence-corrected chi connectivity index (χ2v) is 6.86. The molecule has 26 heavy (non-hydrogen) atoms. The molecule has 0 aliphatic rings. The van der Waals surface area contributed by atoms with Crippen molar-refractivity contribution >= 4 is 11.6 Å². The first-order valence-corrected chi connectivity index (χ1v) is 8.53. The molecule has 0 unspecified atom stereocenters. The van der Waals surface area contributed by atoms with Crippen LogP contribution in [0.2, 0.25) is 0 Å². The number of aromatic carboxylic acids is 1. The van der Waals surface area contributed by atoms with Gasteiger partial charge in [0.05, 0.1) is 18.4 Å². The monoisotopic (exact) mass is 353 g/mol. The summed E-state index contributed by atoms with van der Waals surface area (Å²) in [5.74, 6) is -0.133. The Hall–Kier alpha value is -2.89. The first-order chi connectivity index (χ1) is 12.2. The highest BCUT2D eigenvalue weighted by Crippen LogP contribution is 2.36. The maximum absolute atomic E-state index is 11.6. The summed E-state index contributed by atoms with van der Waals surface area (Å²) in [5.41, 5.74) is 6.20. The summed E-state index contributed by atoms with van der Waals surface area (Å²) in [4.78, 5) is 16.0. The number of ether oxygens (including phenoxy) is 1. The first kappa shape index (κ1) is 17.9. The number of hydrogen-bond acceptors (Lipinski definition) is 4. The number of aromatic nitrogens is 3. The molecular weight excluding hydrogens is 330 g/mol. The fourth-order valence-electron chi connectivity index (χ4n) is 3.40. The molecule has 0 bridgehead atoms. The molecule has 136 valence electrons. The number of nitrogens with zero attached hydrogens (tertiary/aromatic N) is 3. The fourth-order valence-corrected chi connectivity index (χ4v) is 3.40. The number of benzene rings is 1. The Bertz CT molecular complexity index is 996. The highest BCUT2D eigenvalue weighted by molar-refractivity contribution is 5.89. The van der Waals surface area contributed by atoms with Gasteiger partial charge in [0.15, 0.2) is 11.3 Å². The molecular formula is C20H23N3O3. The van der Waals surface area contributed by atoms with Crippen molar-refractivity contribution in [1.29, 1.82) is 0 Å². The van der Waals surface area contributed by atoms with Crippen LogP contribution < -0.4 is 4.74 Å². The predicted molar refractivity (Wildman–Crippen MR) is 100 cm³/mol. The van der Waals surface area contributed by atoms with Gasteiger partial charge in [-0.3, -0.25) is 0 Å². The van der Waals surface area contributed by atoms with Gasteiger partial charge in [-0.25, -0.2) is 14.3 Å². The Kier molecular flexibility index (Phi) is 4.44. The summed E-state index contributed by atoms with van der Waals surface area (Å²) in [7, 11) is 1.64. The van der Waals surface area contributed by atoms with Gasteiger partial charge < -0.3 is 9.84 Å². The van der Waals surface area contributed by atoms with Crippen LogP contribution in [-0.2, 0) is 0 Å². The van der Waals surface area contributed by atoms with E-state index in [-0.39, 0.29) is 11.6 Å². The molecule has 1 N–H and O–H groups in total. The lowest BCUT2D eigenvalue weighted by Crippen LogP contribution is -2.09. The normalized spacial score (nSPS) is 11.3. The molecule has 2 aromatic heterocycles. The van der Waals surface area contributed by atoms with Crippen LogP contribution in [0.5, 0.6) is 5.75 Å². The van der Waals surface area contributed by atoms with Gasteiger partial charge >= 0.3 is 5.97 Å². The number of carbonyl (C=O) groups is 1. The molecule has 0 saturated heterocycles. The Morgan fingerprint density at radius 1 is 1.12 bits per heavy atom. The van der Waals surface area contributed by atoms with Gasteiger partial charge in [-0.1, -0.05) is 13.8 Å². The molecule has 6 nitrogen and oxygen atoms in total. The van der Waals surface area contributed by atoms with Crippen LogP contribution >= 0.6 is 0 Å². The van der Waals surface area contributed by atoms with E-state index in [2.05, 4.69) is 10.1 Å². The zero-order valence-electron chi connectivity index (χ0n) is 15.9. The van der Waals surface area contributed by atoms with Gasteiger partial charge in [0.25, 0.3) is 0 Å². The standard InChI is InChI=1S/C20H23N3O3/c1-10(2)16-9-15(20(24)25)21-19-18(13(5)22-23(16)19)17-11(3)7-14(26-6)8-12(17)4/h7-10H,1-6H3,(H,24,25). The summed E-state index contributed by atoms with van der Waals surface area (Å²) in [6.07, 6.45) is 0. The van der Waals surface area contributed by atoms with E-state index in [0.29, 0.717) is 5.65 Å². The maximum atomic E-state index is 11.6. The third kappa shape index (κ3) is 2.81. The molecule has 0 fully saturated rings. The van der Waals surface area contributed by atoms with Crippen molar-refractivity contribution in [2.24, 2.45) is 0 Å². The van der Waals surface area contributed by atoms with Crippen LogP contribution in [0.25, 0.3) is 16.8 Å². The average Bonchev–Trinajstić information content (AvgIpc) is 2.89. The Morgan fingerprint density at radius 2 is 1.73 bits per heavy atom. The first-order valence-electron chi connectivity index (χ1n) is 8.53. The van der Waals surface area contributed by atoms with Crippen molar-refractivity contribution in [2.45, 2.75) is 40.5 Å². The van der Waals surface area contributed by atoms with Crippen molar-refractivity contribution < 1.29 is 14.6 Å². The second-order valence-electron chi connectivity index (χ2n) is 6.86. The molecule has 0 amide bonds. The summed E-state index contributed by atoms with van der Waals surface area (Å²) < 4.78 is 7.12. The van der Waals surface area contributed by atoms with Crippen LogP contribution in [0.3, 0.4) is 0 Å². The van der Waals surface area contributed by atoms with E-state index in [4.69, 9.17) is 4.74 Å². The van der Waals surface area contributed by atoms with Crippen LogP contribution in [0.4, 0.5) is 0 Å². The number of fused-ring (bicyclic) bond motifs is 1. The lowest BCUT2D eigenvalue weighted by atomic mass is 9.95. The summed E-state index contributed by atoms with van der Waals surface area (Å²) in [6.45, 7) is 9.98. The van der Waals surface area contributed by atoms with Crippen molar-refractivity contribution in [3.8, 4) is 16.9 Å². The smallest absolute Gasteiger partial charge is 0.354 e. The van der Waals surface area contributed by atoms with E-state index in [1.807, 2.05) is 46.8 Å². The molecule has 3 aromatic rings. The molecule has 0 aliphatic carbocycles. The minimum Gasteiger partial charge on any atom is -0.497 e. The van der Waals surface area contributed by atoms with E-state index in [0.717, 1.165) is 39.4 Å². The Balaban J connectivity index is 2.41. The lowest BCUT2D eigenvalue weighted by molar-refractivity contribution is 0.0690. The third-order valence-electron chi connectivity index (χ3n) is 4.59. The molecule has 0 aliphatic heterocycles. The van der Waals surface area contributed by atoms with E-state index in [9.17, 15) is 9.90 Å². The average molecular weight is 353 g/mol. The van der Waals surface area contributed by atoms with Crippen LogP contribution in [0.15, 0.2) is 18.2 Å². The highest BCUT2D eigenvalue weighted by atomic mass is 16.5. The molecule has 2 heterocycles. The van der Waals surface area contributed by atoms with Gasteiger partial charge in [-0.15, -0.1) is 0 Å². The van der Waals surface area contributed by atoms with Crippen molar-refractivity contribution in [2.75, 3.05) is 7.11 Å². The summed E-state index contributed by atoms with van der Waals surface area (Å²) in [5, 5.41) is 14.2. The molecule has 0 atom stereocenters. The Morgan fingerprint density at radius 3 is 2.23 bits per heavy atom. The fraction of sp³-hybridized carbons (Fsp3) is 0.350. The van der Waals surface area contributed by atoms with Gasteiger partial charge in [0, 0.05) is 5.69 Å². The summed E-state index contributed by atoms with van der Waals surface area (Å²) >= 11 is 0. The van der Waals surface area contributed by atoms with Gasteiger partial charge in [-0.2, -0.15) is 5.10 Å². The molecule has 6 heteroatoms. The van der Waals surface area contributed by atoms with E-state index < -0.39 is 5.97 Å². The number of aryl methyl sites for hydroxylation is 3. The lowest BCUT2D eigenvalue weighted by Gasteiger charge is -2.13. The number of carboxylic acid groups (broad SMARTS) is 1. The molecule has 0 spiro atoms. The van der Waals surface area contributed by atoms with Gasteiger partial charge in [-0.05, 0) is 61.6 Å². The minimum absolute atomic E-state index is 0.0335. The predicted octanol–water partition coefficient (Wildman–Crippen LogP) is 4.15. The van der Waals surface area contributed by atoms with Crippen molar-refractivity contribution in [3.05, 3.63) is 46.4 Å². The van der Waals surface area contributed by atoms with E-state index in [1.165, 1.54) is 0 Å². The zero-order valence-corrected chi connectivity index (χ0v) is 15.9. The third-order valence-corrected chi connectivity index (χ3v) is 4.59. The van der Waals surface area contributed by atoms with Gasteiger partial charge in [0.1, 0.15) is 5.75 Å². The molecule has 0 radical (unpaired) electrons. The molecule has 3 rings (SSSR count). The number of rotatable bonds is 4. The minimum atomic E-state index is -1.04. The second kappa shape index (κ2) is 6.44. The quantitative estimate of drug-likeness (QED) is 0.762.